The van der Waals surface area contributed by atoms with Crippen molar-refractivity contribution in [3.05, 3.63) is 106 Å². The second-order valence-electron chi connectivity index (χ2n) is 7.62. The third kappa shape index (κ3) is 3.74. The van der Waals surface area contributed by atoms with Crippen molar-refractivity contribution in [1.82, 2.24) is 10.2 Å². The molecule has 7 heteroatoms. The number of benzene rings is 3. The van der Waals surface area contributed by atoms with E-state index in [-0.39, 0.29) is 17.9 Å². The van der Waals surface area contributed by atoms with Crippen LogP contribution in [0.1, 0.15) is 44.9 Å². The minimum absolute atomic E-state index is 0.170. The fourth-order valence-corrected chi connectivity index (χ4v) is 4.43. The topological polar surface area (TPSA) is 75.3 Å². The number of halogens is 1. The largest absolute Gasteiger partial charge is 0.462 e. The third-order valence-corrected chi connectivity index (χ3v) is 6.19. The summed E-state index contributed by atoms with van der Waals surface area (Å²) in [6.45, 7) is 2.07. The van der Waals surface area contributed by atoms with Crippen molar-refractivity contribution in [3.8, 4) is 11.3 Å². The monoisotopic (exact) mass is 501 g/mol. The van der Waals surface area contributed by atoms with Crippen LogP contribution in [0.2, 0.25) is 0 Å². The summed E-state index contributed by atoms with van der Waals surface area (Å²) in [5.41, 5.74) is 5.07. The van der Waals surface area contributed by atoms with Gasteiger partial charge in [0.05, 0.1) is 23.9 Å². The predicted molar refractivity (Wildman–Crippen MR) is 129 cm³/mol. The number of carbonyl (C=O) groups is 2. The summed E-state index contributed by atoms with van der Waals surface area (Å²) in [6.07, 6.45) is 0. The van der Waals surface area contributed by atoms with E-state index in [9.17, 15) is 9.59 Å². The highest BCUT2D eigenvalue weighted by Crippen LogP contribution is 2.45. The molecule has 5 rings (SSSR count). The minimum atomic E-state index is -0.387. The lowest BCUT2D eigenvalue weighted by atomic mass is 9.96. The van der Waals surface area contributed by atoms with Gasteiger partial charge in [-0.3, -0.25) is 14.8 Å². The van der Waals surface area contributed by atoms with Gasteiger partial charge in [0, 0.05) is 21.3 Å². The van der Waals surface area contributed by atoms with E-state index in [1.54, 1.807) is 36.1 Å². The van der Waals surface area contributed by atoms with Gasteiger partial charge in [-0.25, -0.2) is 4.79 Å². The molecule has 1 aliphatic heterocycles. The molecule has 33 heavy (non-hydrogen) atoms. The Labute approximate surface area is 199 Å². The molecule has 0 spiro atoms. The number of hydrogen-bond acceptors (Lipinski definition) is 4. The van der Waals surface area contributed by atoms with Gasteiger partial charge < -0.3 is 4.74 Å². The number of hydrogen-bond donors (Lipinski definition) is 1. The van der Waals surface area contributed by atoms with Gasteiger partial charge in [0.1, 0.15) is 5.69 Å². The van der Waals surface area contributed by atoms with E-state index in [1.165, 1.54) is 0 Å². The second kappa shape index (κ2) is 8.67. The van der Waals surface area contributed by atoms with Gasteiger partial charge in [-0.05, 0) is 48.9 Å². The average Bonchev–Trinajstić information content (AvgIpc) is 3.39. The number of anilines is 1. The van der Waals surface area contributed by atoms with Crippen LogP contribution in [-0.2, 0) is 4.74 Å². The van der Waals surface area contributed by atoms with Crippen molar-refractivity contribution in [3.63, 3.8) is 0 Å². The van der Waals surface area contributed by atoms with Crippen LogP contribution in [0.5, 0.6) is 0 Å². The Hall–Kier alpha value is -3.71. The molecular formula is C26H20BrN3O3. The molecule has 2 heterocycles. The smallest absolute Gasteiger partial charge is 0.338 e. The van der Waals surface area contributed by atoms with E-state index in [0.29, 0.717) is 23.6 Å². The van der Waals surface area contributed by atoms with Crippen LogP contribution in [0.4, 0.5) is 5.69 Å². The fourth-order valence-electron chi connectivity index (χ4n) is 4.16. The zero-order valence-corrected chi connectivity index (χ0v) is 19.4. The van der Waals surface area contributed by atoms with Crippen LogP contribution in [0.3, 0.4) is 0 Å². The fraction of sp³-hybridized carbons (Fsp3) is 0.115. The standard InChI is InChI=1S/C26H20BrN3O3/c1-2-33-26(32)18-10-14-20(15-11-18)30-24(17-8-12-19(27)13-9-17)21-22(16-6-4-3-5-7-16)28-29-23(21)25(30)31/h3-15,24H,2H2,1H3,(H,28,29)/t24-/m1/s1. The number of fused-ring (bicyclic) bond motifs is 1. The van der Waals surface area contributed by atoms with Gasteiger partial charge in [-0.2, -0.15) is 5.10 Å². The number of aromatic nitrogens is 2. The third-order valence-electron chi connectivity index (χ3n) is 5.66. The van der Waals surface area contributed by atoms with Crippen LogP contribution in [-0.4, -0.2) is 28.7 Å². The van der Waals surface area contributed by atoms with Crippen LogP contribution >= 0.6 is 15.9 Å². The summed E-state index contributed by atoms with van der Waals surface area (Å²) in [7, 11) is 0. The van der Waals surface area contributed by atoms with E-state index >= 15 is 0 Å². The summed E-state index contributed by atoms with van der Waals surface area (Å²) >= 11 is 3.49. The van der Waals surface area contributed by atoms with E-state index in [2.05, 4.69) is 26.1 Å². The summed E-state index contributed by atoms with van der Waals surface area (Å²) in [5.74, 6) is -0.557. The number of esters is 1. The van der Waals surface area contributed by atoms with E-state index in [4.69, 9.17) is 4.74 Å². The zero-order chi connectivity index (χ0) is 22.9. The quantitative estimate of drug-likeness (QED) is 0.352. The molecule has 0 fully saturated rings. The van der Waals surface area contributed by atoms with E-state index in [0.717, 1.165) is 26.9 Å². The first-order valence-electron chi connectivity index (χ1n) is 10.6. The molecule has 1 aromatic heterocycles. The molecular weight excluding hydrogens is 482 g/mol. The first-order chi connectivity index (χ1) is 16.1. The molecule has 1 atom stereocenters. The number of nitrogens with zero attached hydrogens (tertiary/aromatic N) is 2. The molecule has 164 valence electrons. The molecule has 3 aromatic carbocycles. The minimum Gasteiger partial charge on any atom is -0.462 e. The van der Waals surface area contributed by atoms with Crippen LogP contribution in [0.25, 0.3) is 11.3 Å². The van der Waals surface area contributed by atoms with Gasteiger partial charge in [-0.1, -0.05) is 58.4 Å². The van der Waals surface area contributed by atoms with Crippen molar-refractivity contribution >= 4 is 33.5 Å². The first-order valence-corrected chi connectivity index (χ1v) is 11.4. The van der Waals surface area contributed by atoms with Gasteiger partial charge in [-0.15, -0.1) is 0 Å². The number of aromatic amines is 1. The van der Waals surface area contributed by atoms with Crippen LogP contribution in [0, 0.1) is 0 Å². The Morgan fingerprint density at radius 3 is 2.39 bits per heavy atom. The average molecular weight is 502 g/mol. The SMILES string of the molecule is CCOC(=O)c1ccc(N2C(=O)c3[nH]nc(-c4ccccc4)c3[C@H]2c2ccc(Br)cc2)cc1. The summed E-state index contributed by atoms with van der Waals surface area (Å²) in [6, 6.07) is 24.3. The van der Waals surface area contributed by atoms with Crippen molar-refractivity contribution in [2.45, 2.75) is 13.0 Å². The molecule has 0 bridgehead atoms. The van der Waals surface area contributed by atoms with Gasteiger partial charge in [0.15, 0.2) is 0 Å². The highest BCUT2D eigenvalue weighted by Gasteiger charge is 2.43. The number of rotatable bonds is 5. The zero-order valence-electron chi connectivity index (χ0n) is 17.8. The Morgan fingerprint density at radius 1 is 1.03 bits per heavy atom. The molecule has 0 saturated carbocycles. The Morgan fingerprint density at radius 2 is 1.73 bits per heavy atom. The van der Waals surface area contributed by atoms with E-state index < -0.39 is 0 Å². The van der Waals surface area contributed by atoms with Crippen molar-refractivity contribution in [2.24, 2.45) is 0 Å². The number of carbonyl (C=O) groups excluding carboxylic acids is 2. The number of nitrogens with one attached hydrogen (secondary N) is 1. The van der Waals surface area contributed by atoms with Crippen molar-refractivity contribution < 1.29 is 14.3 Å². The normalized spacial score (nSPS) is 14.9. The van der Waals surface area contributed by atoms with Crippen LogP contribution < -0.4 is 4.90 Å². The Bertz CT molecular complexity index is 1320. The maximum Gasteiger partial charge on any atom is 0.338 e. The lowest BCUT2D eigenvalue weighted by molar-refractivity contribution is 0.0526. The molecule has 1 N–H and O–H groups in total. The van der Waals surface area contributed by atoms with Crippen molar-refractivity contribution in [2.75, 3.05) is 11.5 Å². The molecule has 4 aromatic rings. The highest BCUT2D eigenvalue weighted by molar-refractivity contribution is 9.10. The summed E-state index contributed by atoms with van der Waals surface area (Å²) < 4.78 is 6.04. The predicted octanol–water partition coefficient (Wildman–Crippen LogP) is 5.77. The Kier molecular flexibility index (Phi) is 5.56. The van der Waals surface area contributed by atoms with Gasteiger partial charge in [0.25, 0.3) is 5.91 Å². The van der Waals surface area contributed by atoms with Gasteiger partial charge in [0.2, 0.25) is 0 Å². The summed E-state index contributed by atoms with van der Waals surface area (Å²) in [5, 5.41) is 7.46. The number of ether oxygens (including phenoxy) is 1. The highest BCUT2D eigenvalue weighted by atomic mass is 79.9. The molecule has 1 aliphatic rings. The number of amides is 1. The molecule has 1 amide bonds. The Balaban J connectivity index is 1.63. The van der Waals surface area contributed by atoms with Gasteiger partial charge >= 0.3 is 5.97 Å². The van der Waals surface area contributed by atoms with Crippen LogP contribution in [0.15, 0.2) is 83.3 Å². The van der Waals surface area contributed by atoms with Crippen molar-refractivity contribution in [1.29, 1.82) is 0 Å². The maximum absolute atomic E-state index is 13.6. The molecule has 0 saturated heterocycles. The number of H-pyrrole nitrogens is 1. The van der Waals surface area contributed by atoms with E-state index in [1.807, 2.05) is 54.6 Å². The summed E-state index contributed by atoms with van der Waals surface area (Å²) in [4.78, 5) is 27.4. The molecule has 6 nitrogen and oxygen atoms in total. The molecule has 0 unspecified atom stereocenters. The first kappa shape index (κ1) is 21.2. The lowest BCUT2D eigenvalue weighted by Gasteiger charge is -2.26. The molecule has 0 radical (unpaired) electrons. The lowest BCUT2D eigenvalue weighted by Crippen LogP contribution is -2.29. The second-order valence-corrected chi connectivity index (χ2v) is 8.54. The molecule has 0 aliphatic carbocycles. The maximum atomic E-state index is 13.6.